The summed E-state index contributed by atoms with van der Waals surface area (Å²) in [6.45, 7) is 2.54. The van der Waals surface area contributed by atoms with E-state index in [1.54, 1.807) is 12.4 Å². The molecule has 15 heavy (non-hydrogen) atoms. The van der Waals surface area contributed by atoms with E-state index in [4.69, 9.17) is 4.74 Å². The topological polar surface area (TPSA) is 47.4 Å². The van der Waals surface area contributed by atoms with E-state index in [1.807, 2.05) is 25.1 Å². The molecule has 0 amide bonds. The van der Waals surface area contributed by atoms with E-state index < -0.39 is 0 Å². The quantitative estimate of drug-likeness (QED) is 0.565. The van der Waals surface area contributed by atoms with Crippen molar-refractivity contribution in [2.45, 2.75) is 6.92 Å². The smallest absolute Gasteiger partial charge is 0.174 e. The summed E-state index contributed by atoms with van der Waals surface area (Å²) in [4.78, 5) is 12.5. The first kappa shape index (κ1) is 9.58. The fourth-order valence-electron chi connectivity index (χ4n) is 1.20. The van der Waals surface area contributed by atoms with Gasteiger partial charge in [0.15, 0.2) is 6.40 Å². The highest BCUT2D eigenvalue weighted by Gasteiger charge is 1.95. The lowest BCUT2D eigenvalue weighted by Gasteiger charge is -1.97. The van der Waals surface area contributed by atoms with E-state index in [2.05, 4.69) is 15.0 Å². The van der Waals surface area contributed by atoms with E-state index >= 15 is 0 Å². The van der Waals surface area contributed by atoms with Crippen LogP contribution >= 0.6 is 0 Å². The van der Waals surface area contributed by atoms with Crippen molar-refractivity contribution in [2.24, 2.45) is 4.99 Å². The highest BCUT2D eigenvalue weighted by Crippen LogP contribution is 2.17. The van der Waals surface area contributed by atoms with E-state index in [1.165, 1.54) is 6.40 Å². The third-order valence-electron chi connectivity index (χ3n) is 1.90. The fourth-order valence-corrected chi connectivity index (χ4v) is 1.20. The number of rotatable bonds is 3. The zero-order chi connectivity index (χ0) is 10.5. The number of ether oxygens (including phenoxy) is 1. The van der Waals surface area contributed by atoms with Crippen LogP contribution in [-0.4, -0.2) is 23.0 Å². The van der Waals surface area contributed by atoms with Crippen LogP contribution in [0.25, 0.3) is 11.0 Å². The lowest BCUT2D eigenvalue weighted by atomic mass is 10.3. The molecule has 0 bridgehead atoms. The Kier molecular flexibility index (Phi) is 2.88. The zero-order valence-corrected chi connectivity index (χ0v) is 8.42. The lowest BCUT2D eigenvalue weighted by molar-refractivity contribution is 0.344. The van der Waals surface area contributed by atoms with Crippen molar-refractivity contribution in [3.63, 3.8) is 0 Å². The van der Waals surface area contributed by atoms with Gasteiger partial charge in [-0.1, -0.05) is 0 Å². The Morgan fingerprint density at radius 1 is 1.27 bits per heavy atom. The summed E-state index contributed by atoms with van der Waals surface area (Å²) in [6, 6.07) is 5.64. The molecule has 0 atom stereocenters. The molecule has 0 unspecified atom stereocenters. The van der Waals surface area contributed by atoms with Crippen LogP contribution in [0.3, 0.4) is 0 Å². The van der Waals surface area contributed by atoms with Crippen LogP contribution in [0.2, 0.25) is 0 Å². The Morgan fingerprint density at radius 3 is 2.87 bits per heavy atom. The largest absolute Gasteiger partial charge is 0.483 e. The maximum atomic E-state index is 5.02. The van der Waals surface area contributed by atoms with Crippen molar-refractivity contribution in [1.29, 1.82) is 0 Å². The standard InChI is InChI=1S/C11H11N3O/c1-2-15-8-14-9-3-4-10-11(7-9)13-6-5-12-10/h3-8H,2H2,1H3. The van der Waals surface area contributed by atoms with E-state index in [0.29, 0.717) is 6.61 Å². The molecule has 0 aliphatic carbocycles. The van der Waals surface area contributed by atoms with Gasteiger partial charge in [0.25, 0.3) is 0 Å². The van der Waals surface area contributed by atoms with Crippen LogP contribution < -0.4 is 0 Å². The Bertz CT molecular complexity index is 482. The molecule has 0 saturated carbocycles. The predicted molar refractivity (Wildman–Crippen MR) is 59.3 cm³/mol. The molecule has 0 aliphatic rings. The molecule has 0 N–H and O–H groups in total. The minimum absolute atomic E-state index is 0.622. The molecule has 1 aromatic heterocycles. The van der Waals surface area contributed by atoms with Gasteiger partial charge in [0, 0.05) is 12.4 Å². The predicted octanol–water partition coefficient (Wildman–Crippen LogP) is 2.33. The first-order valence-corrected chi connectivity index (χ1v) is 4.75. The zero-order valence-electron chi connectivity index (χ0n) is 8.42. The molecule has 76 valence electrons. The second-order valence-corrected chi connectivity index (χ2v) is 2.92. The van der Waals surface area contributed by atoms with Crippen molar-refractivity contribution in [3.8, 4) is 0 Å². The summed E-state index contributed by atoms with van der Waals surface area (Å²) in [7, 11) is 0. The Labute approximate surface area is 87.7 Å². The third-order valence-corrected chi connectivity index (χ3v) is 1.90. The summed E-state index contributed by atoms with van der Waals surface area (Å²) >= 11 is 0. The van der Waals surface area contributed by atoms with Gasteiger partial charge in [0.05, 0.1) is 23.3 Å². The number of hydrogen-bond donors (Lipinski definition) is 0. The van der Waals surface area contributed by atoms with Crippen LogP contribution in [0, 0.1) is 0 Å². The molecule has 2 rings (SSSR count). The summed E-state index contributed by atoms with van der Waals surface area (Å²) in [5, 5.41) is 0. The lowest BCUT2D eigenvalue weighted by Crippen LogP contribution is -1.84. The van der Waals surface area contributed by atoms with E-state index in [0.717, 1.165) is 16.7 Å². The average molecular weight is 201 g/mol. The fraction of sp³-hybridized carbons (Fsp3) is 0.182. The summed E-state index contributed by atoms with van der Waals surface area (Å²) in [5.41, 5.74) is 2.52. The van der Waals surface area contributed by atoms with Crippen molar-refractivity contribution in [3.05, 3.63) is 30.6 Å². The number of nitrogens with zero attached hydrogens (tertiary/aromatic N) is 3. The average Bonchev–Trinajstić information content (AvgIpc) is 2.29. The van der Waals surface area contributed by atoms with Crippen molar-refractivity contribution < 1.29 is 4.74 Å². The van der Waals surface area contributed by atoms with Gasteiger partial charge in [-0.2, -0.15) is 0 Å². The highest BCUT2D eigenvalue weighted by molar-refractivity contribution is 5.78. The molecule has 1 heterocycles. The summed E-state index contributed by atoms with van der Waals surface area (Å²) in [5.74, 6) is 0. The molecule has 4 heteroatoms. The first-order valence-electron chi connectivity index (χ1n) is 4.75. The van der Waals surface area contributed by atoms with Gasteiger partial charge in [-0.3, -0.25) is 9.97 Å². The van der Waals surface area contributed by atoms with Crippen LogP contribution in [0.1, 0.15) is 6.92 Å². The number of aliphatic imine (C=N–C) groups is 1. The number of benzene rings is 1. The molecular weight excluding hydrogens is 190 g/mol. The molecule has 0 spiro atoms. The molecule has 2 aromatic rings. The van der Waals surface area contributed by atoms with Gasteiger partial charge >= 0.3 is 0 Å². The van der Waals surface area contributed by atoms with Crippen LogP contribution in [0.15, 0.2) is 35.6 Å². The van der Waals surface area contributed by atoms with E-state index in [-0.39, 0.29) is 0 Å². The van der Waals surface area contributed by atoms with Crippen LogP contribution in [-0.2, 0) is 4.74 Å². The molecule has 0 saturated heterocycles. The minimum atomic E-state index is 0.622. The van der Waals surface area contributed by atoms with Crippen molar-refractivity contribution in [2.75, 3.05) is 6.61 Å². The van der Waals surface area contributed by atoms with Gasteiger partial charge in [0.1, 0.15) is 0 Å². The second kappa shape index (κ2) is 4.50. The maximum Gasteiger partial charge on any atom is 0.174 e. The summed E-state index contributed by atoms with van der Waals surface area (Å²) < 4.78 is 5.02. The van der Waals surface area contributed by atoms with Gasteiger partial charge < -0.3 is 4.74 Å². The number of hydrogen-bond acceptors (Lipinski definition) is 4. The highest BCUT2D eigenvalue weighted by atomic mass is 16.5. The minimum Gasteiger partial charge on any atom is -0.483 e. The molecule has 0 aliphatic heterocycles. The first-order chi connectivity index (χ1) is 7.40. The van der Waals surface area contributed by atoms with Crippen molar-refractivity contribution >= 4 is 23.1 Å². The Hall–Kier alpha value is -1.97. The van der Waals surface area contributed by atoms with Crippen molar-refractivity contribution in [1.82, 2.24) is 9.97 Å². The van der Waals surface area contributed by atoms with Gasteiger partial charge in [-0.25, -0.2) is 4.99 Å². The monoisotopic (exact) mass is 201 g/mol. The molecular formula is C11H11N3O. The van der Waals surface area contributed by atoms with Gasteiger partial charge in [-0.05, 0) is 25.1 Å². The number of aromatic nitrogens is 2. The molecule has 4 nitrogen and oxygen atoms in total. The Morgan fingerprint density at radius 2 is 2.07 bits per heavy atom. The van der Waals surface area contributed by atoms with Crippen LogP contribution in [0.5, 0.6) is 0 Å². The SMILES string of the molecule is CCOC=Nc1ccc2nccnc2c1. The summed E-state index contributed by atoms with van der Waals surface area (Å²) in [6.07, 6.45) is 4.78. The maximum absolute atomic E-state index is 5.02. The molecule has 1 aromatic carbocycles. The van der Waals surface area contributed by atoms with Gasteiger partial charge in [0.2, 0.25) is 0 Å². The molecule has 0 fully saturated rings. The Balaban J connectivity index is 2.30. The second-order valence-electron chi connectivity index (χ2n) is 2.92. The number of fused-ring (bicyclic) bond motifs is 1. The molecule has 0 radical (unpaired) electrons. The van der Waals surface area contributed by atoms with Crippen LogP contribution in [0.4, 0.5) is 5.69 Å². The third kappa shape index (κ3) is 2.28. The van der Waals surface area contributed by atoms with E-state index in [9.17, 15) is 0 Å². The normalized spacial score (nSPS) is 11.0. The van der Waals surface area contributed by atoms with Gasteiger partial charge in [-0.15, -0.1) is 0 Å².